The van der Waals surface area contributed by atoms with Crippen molar-refractivity contribution in [2.24, 2.45) is 0 Å². The molecule has 0 saturated heterocycles. The van der Waals surface area contributed by atoms with E-state index in [1.54, 1.807) is 12.1 Å². The van der Waals surface area contributed by atoms with Gasteiger partial charge in [-0.1, -0.05) is 30.7 Å². The van der Waals surface area contributed by atoms with Gasteiger partial charge in [0.05, 0.1) is 0 Å². The van der Waals surface area contributed by atoms with Crippen LogP contribution in [-0.4, -0.2) is 5.97 Å². The third kappa shape index (κ3) is 3.44. The monoisotopic (exact) mass is 190 g/mol. The summed E-state index contributed by atoms with van der Waals surface area (Å²) >= 11 is 0. The minimum atomic E-state index is -0.310. The summed E-state index contributed by atoms with van der Waals surface area (Å²) in [5.74, 6) is 0.271. The summed E-state index contributed by atoms with van der Waals surface area (Å²) < 4.78 is 5.07. The van der Waals surface area contributed by atoms with Crippen molar-refractivity contribution in [3.63, 3.8) is 0 Å². The molecule has 0 aliphatic carbocycles. The molecule has 0 N–H and O–H groups in total. The van der Waals surface area contributed by atoms with E-state index in [-0.39, 0.29) is 5.97 Å². The van der Waals surface area contributed by atoms with Crippen molar-refractivity contribution in [3.8, 4) is 5.75 Å². The molecule has 74 valence electrons. The number of hydrogen-bond donors (Lipinski definition) is 0. The first-order valence-electron chi connectivity index (χ1n) is 4.66. The molecular weight excluding hydrogens is 176 g/mol. The third-order valence-electron chi connectivity index (χ3n) is 1.88. The Kier molecular flexibility index (Phi) is 3.92. The van der Waals surface area contributed by atoms with Crippen LogP contribution >= 0.6 is 0 Å². The van der Waals surface area contributed by atoms with Gasteiger partial charge in [0.15, 0.2) is 0 Å². The van der Waals surface area contributed by atoms with Gasteiger partial charge in [-0.05, 0) is 25.5 Å². The lowest BCUT2D eigenvalue weighted by molar-refractivity contribution is -0.129. The first-order valence-corrected chi connectivity index (χ1v) is 4.66. The van der Waals surface area contributed by atoms with Crippen LogP contribution in [-0.2, 0) is 4.79 Å². The van der Waals surface area contributed by atoms with Crippen LogP contribution in [0.1, 0.15) is 20.3 Å². The van der Waals surface area contributed by atoms with Crippen molar-refractivity contribution in [1.82, 2.24) is 0 Å². The lowest BCUT2D eigenvalue weighted by Gasteiger charge is -2.00. The van der Waals surface area contributed by atoms with Crippen molar-refractivity contribution in [3.05, 3.63) is 42.0 Å². The molecule has 2 heteroatoms. The van der Waals surface area contributed by atoms with Gasteiger partial charge >= 0.3 is 5.97 Å². The topological polar surface area (TPSA) is 26.3 Å². The number of carbonyl (C=O) groups is 1. The summed E-state index contributed by atoms with van der Waals surface area (Å²) in [5.41, 5.74) is 1.02. The largest absolute Gasteiger partial charge is 0.423 e. The molecule has 0 heterocycles. The molecule has 0 fully saturated rings. The minimum absolute atomic E-state index is 0.310. The Morgan fingerprint density at radius 1 is 1.36 bits per heavy atom. The summed E-state index contributed by atoms with van der Waals surface area (Å²) in [5, 5.41) is 0. The normalized spacial score (nSPS) is 11.1. The molecule has 1 aromatic rings. The van der Waals surface area contributed by atoms with E-state index in [2.05, 4.69) is 0 Å². The zero-order valence-corrected chi connectivity index (χ0v) is 8.49. The van der Waals surface area contributed by atoms with Gasteiger partial charge in [-0.25, -0.2) is 4.79 Å². The van der Waals surface area contributed by atoms with Crippen molar-refractivity contribution >= 4 is 5.97 Å². The fourth-order valence-electron chi connectivity index (χ4n) is 0.937. The van der Waals surface area contributed by atoms with E-state index in [9.17, 15) is 4.79 Å². The Bertz CT molecular complexity index is 325. The number of esters is 1. The number of rotatable bonds is 3. The van der Waals surface area contributed by atoms with E-state index in [4.69, 9.17) is 4.74 Å². The second kappa shape index (κ2) is 5.22. The summed E-state index contributed by atoms with van der Waals surface area (Å²) in [6.07, 6.45) is 2.39. The van der Waals surface area contributed by atoms with Crippen LogP contribution in [0.4, 0.5) is 0 Å². The number of allylic oxidation sites excluding steroid dienone is 1. The zero-order valence-electron chi connectivity index (χ0n) is 8.49. The van der Waals surface area contributed by atoms with Gasteiger partial charge in [-0.3, -0.25) is 0 Å². The third-order valence-corrected chi connectivity index (χ3v) is 1.88. The van der Waals surface area contributed by atoms with Crippen molar-refractivity contribution in [2.45, 2.75) is 20.3 Å². The number of hydrogen-bond acceptors (Lipinski definition) is 2. The average molecular weight is 190 g/mol. The first kappa shape index (κ1) is 10.5. The Balaban J connectivity index is 2.58. The Hall–Kier alpha value is -1.57. The summed E-state index contributed by atoms with van der Waals surface area (Å²) in [6, 6.07) is 9.06. The van der Waals surface area contributed by atoms with Crippen molar-refractivity contribution < 1.29 is 9.53 Å². The molecule has 0 amide bonds. The smallest absolute Gasteiger partial charge is 0.336 e. The second-order valence-electron chi connectivity index (χ2n) is 3.08. The summed E-state index contributed by atoms with van der Waals surface area (Å²) in [4.78, 5) is 11.3. The van der Waals surface area contributed by atoms with Crippen molar-refractivity contribution in [1.29, 1.82) is 0 Å². The molecule has 0 radical (unpaired) electrons. The highest BCUT2D eigenvalue weighted by Crippen LogP contribution is 2.09. The fraction of sp³-hybridized carbons (Fsp3) is 0.250. The molecule has 0 unspecified atom stereocenters. The van der Waals surface area contributed by atoms with Gasteiger partial charge in [0.25, 0.3) is 0 Å². The number of carbonyl (C=O) groups excluding carboxylic acids is 1. The molecule has 0 aliphatic heterocycles. The van der Waals surface area contributed by atoms with Crippen LogP contribution in [0.2, 0.25) is 0 Å². The maximum Gasteiger partial charge on any atom is 0.336 e. The van der Waals surface area contributed by atoms with Gasteiger partial charge in [0, 0.05) is 6.08 Å². The summed E-state index contributed by atoms with van der Waals surface area (Å²) in [7, 11) is 0. The molecule has 0 aromatic heterocycles. The van der Waals surface area contributed by atoms with Crippen LogP contribution in [0, 0.1) is 0 Å². The lowest BCUT2D eigenvalue weighted by Crippen LogP contribution is -2.04. The van der Waals surface area contributed by atoms with Gasteiger partial charge < -0.3 is 4.74 Å². The predicted molar refractivity (Wildman–Crippen MR) is 56.1 cm³/mol. The van der Waals surface area contributed by atoms with E-state index >= 15 is 0 Å². The minimum Gasteiger partial charge on any atom is -0.423 e. The van der Waals surface area contributed by atoms with Crippen LogP contribution in [0.3, 0.4) is 0 Å². The van der Waals surface area contributed by atoms with Gasteiger partial charge in [-0.2, -0.15) is 0 Å². The molecule has 14 heavy (non-hydrogen) atoms. The quantitative estimate of drug-likeness (QED) is 0.416. The molecule has 0 atom stereocenters. The Morgan fingerprint density at radius 3 is 2.57 bits per heavy atom. The Labute approximate surface area is 84.2 Å². The fourth-order valence-corrected chi connectivity index (χ4v) is 0.937. The van der Waals surface area contributed by atoms with E-state index in [1.165, 1.54) is 6.08 Å². The van der Waals surface area contributed by atoms with Crippen LogP contribution in [0.15, 0.2) is 42.0 Å². The number of para-hydroxylation sites is 1. The van der Waals surface area contributed by atoms with Crippen molar-refractivity contribution in [2.75, 3.05) is 0 Å². The highest BCUT2D eigenvalue weighted by Gasteiger charge is 1.99. The van der Waals surface area contributed by atoms with E-state index in [1.807, 2.05) is 32.0 Å². The van der Waals surface area contributed by atoms with E-state index in [0.717, 1.165) is 12.0 Å². The zero-order chi connectivity index (χ0) is 10.4. The average Bonchev–Trinajstić information content (AvgIpc) is 2.19. The molecule has 0 bridgehead atoms. The van der Waals surface area contributed by atoms with E-state index < -0.39 is 0 Å². The SMILES string of the molecule is CC/C(C)=C/C(=O)Oc1ccccc1. The molecule has 1 aromatic carbocycles. The van der Waals surface area contributed by atoms with Gasteiger partial charge in [0.1, 0.15) is 5.75 Å². The Morgan fingerprint density at radius 2 is 2.00 bits per heavy atom. The van der Waals surface area contributed by atoms with Crippen LogP contribution < -0.4 is 4.74 Å². The summed E-state index contributed by atoms with van der Waals surface area (Å²) in [6.45, 7) is 3.91. The highest BCUT2D eigenvalue weighted by atomic mass is 16.5. The lowest BCUT2D eigenvalue weighted by atomic mass is 10.2. The molecule has 0 saturated carbocycles. The van der Waals surface area contributed by atoms with Gasteiger partial charge in [0.2, 0.25) is 0 Å². The molecule has 1 rings (SSSR count). The second-order valence-corrected chi connectivity index (χ2v) is 3.08. The molecule has 2 nitrogen and oxygen atoms in total. The van der Waals surface area contributed by atoms with Crippen LogP contribution in [0.5, 0.6) is 5.75 Å². The first-order chi connectivity index (χ1) is 6.72. The van der Waals surface area contributed by atoms with Crippen LogP contribution in [0.25, 0.3) is 0 Å². The predicted octanol–water partition coefficient (Wildman–Crippen LogP) is 2.95. The molecule has 0 aliphatic rings. The number of benzene rings is 1. The maximum atomic E-state index is 11.3. The van der Waals surface area contributed by atoms with Gasteiger partial charge in [-0.15, -0.1) is 0 Å². The molecule has 0 spiro atoms. The highest BCUT2D eigenvalue weighted by molar-refractivity contribution is 5.84. The maximum absolute atomic E-state index is 11.3. The molecular formula is C12H14O2. The van der Waals surface area contributed by atoms with E-state index in [0.29, 0.717) is 5.75 Å². The number of ether oxygens (including phenoxy) is 1. The standard InChI is InChI=1S/C12H14O2/c1-3-10(2)9-12(13)14-11-7-5-4-6-8-11/h4-9H,3H2,1-2H3/b10-9+.